The Labute approximate surface area is 136 Å². The molecule has 0 bridgehead atoms. The highest BCUT2D eigenvalue weighted by atomic mass is 16.6. The van der Waals surface area contributed by atoms with Gasteiger partial charge in [-0.15, -0.1) is 0 Å². The monoisotopic (exact) mass is 320 g/mol. The molecular formula is C17H24N2O4. The van der Waals surface area contributed by atoms with Crippen LogP contribution in [-0.2, 0) is 16.1 Å². The lowest BCUT2D eigenvalue weighted by Gasteiger charge is -2.29. The first-order valence-corrected chi connectivity index (χ1v) is 7.75. The van der Waals surface area contributed by atoms with Crippen molar-refractivity contribution < 1.29 is 19.1 Å². The third-order valence-electron chi connectivity index (χ3n) is 3.28. The van der Waals surface area contributed by atoms with Gasteiger partial charge in [-0.25, -0.2) is 19.6 Å². The van der Waals surface area contributed by atoms with Crippen LogP contribution in [0.15, 0.2) is 30.3 Å². The van der Waals surface area contributed by atoms with E-state index in [0.717, 1.165) is 5.56 Å². The van der Waals surface area contributed by atoms with Gasteiger partial charge in [0.2, 0.25) is 0 Å². The number of hydrogen-bond acceptors (Lipinski definition) is 4. The second-order valence-corrected chi connectivity index (χ2v) is 6.79. The van der Waals surface area contributed by atoms with E-state index in [0.29, 0.717) is 13.1 Å². The third-order valence-corrected chi connectivity index (χ3v) is 3.28. The molecule has 6 heteroatoms. The van der Waals surface area contributed by atoms with Crippen molar-refractivity contribution in [2.75, 3.05) is 13.1 Å². The number of hydrogen-bond donors (Lipinski definition) is 0. The Hall–Kier alpha value is -2.24. The highest BCUT2D eigenvalue weighted by Crippen LogP contribution is 2.21. The van der Waals surface area contributed by atoms with Crippen molar-refractivity contribution in [1.82, 2.24) is 10.0 Å². The van der Waals surface area contributed by atoms with Crippen LogP contribution in [0, 0.1) is 5.92 Å². The molecule has 1 aromatic carbocycles. The molecule has 23 heavy (non-hydrogen) atoms. The quantitative estimate of drug-likeness (QED) is 0.837. The van der Waals surface area contributed by atoms with E-state index in [1.807, 2.05) is 37.3 Å². The standard InChI is InChI=1S/C17H24N2O4/c1-13-10-18(19(11-13)16(21)23-17(2,3)4)15(20)22-12-14-8-6-5-7-9-14/h5-9,13H,10-12H2,1-4H3/t13-/m1/s1. The van der Waals surface area contributed by atoms with Gasteiger partial charge in [-0.05, 0) is 32.3 Å². The van der Waals surface area contributed by atoms with E-state index in [-0.39, 0.29) is 12.5 Å². The molecule has 1 aliphatic heterocycles. The maximum absolute atomic E-state index is 12.3. The number of amides is 2. The summed E-state index contributed by atoms with van der Waals surface area (Å²) in [7, 11) is 0. The first kappa shape index (κ1) is 17.1. The fourth-order valence-electron chi connectivity index (χ4n) is 2.30. The molecule has 2 rings (SSSR count). The van der Waals surface area contributed by atoms with E-state index in [4.69, 9.17) is 9.47 Å². The van der Waals surface area contributed by atoms with E-state index in [9.17, 15) is 9.59 Å². The molecule has 0 N–H and O–H groups in total. The molecule has 0 unspecified atom stereocenters. The fraction of sp³-hybridized carbons (Fsp3) is 0.529. The summed E-state index contributed by atoms with van der Waals surface area (Å²) < 4.78 is 10.7. The largest absolute Gasteiger partial charge is 0.443 e. The Bertz CT molecular complexity index is 553. The van der Waals surface area contributed by atoms with Crippen LogP contribution in [0.5, 0.6) is 0 Å². The Balaban J connectivity index is 1.98. The number of nitrogens with zero attached hydrogens (tertiary/aromatic N) is 2. The van der Waals surface area contributed by atoms with Crippen LogP contribution < -0.4 is 0 Å². The summed E-state index contributed by atoms with van der Waals surface area (Å²) in [6, 6.07) is 9.43. The van der Waals surface area contributed by atoms with E-state index < -0.39 is 17.8 Å². The van der Waals surface area contributed by atoms with Crippen molar-refractivity contribution in [1.29, 1.82) is 0 Å². The Morgan fingerprint density at radius 1 is 1.09 bits per heavy atom. The number of benzene rings is 1. The first-order valence-electron chi connectivity index (χ1n) is 7.75. The number of ether oxygens (including phenoxy) is 2. The average Bonchev–Trinajstić information content (AvgIpc) is 2.86. The Kier molecular flexibility index (Phi) is 5.13. The van der Waals surface area contributed by atoms with Gasteiger partial charge in [-0.1, -0.05) is 37.3 Å². The molecule has 0 spiro atoms. The molecule has 1 atom stereocenters. The molecule has 2 amide bonds. The maximum atomic E-state index is 12.3. The molecule has 0 saturated carbocycles. The lowest BCUT2D eigenvalue weighted by atomic mass is 10.2. The average molecular weight is 320 g/mol. The van der Waals surface area contributed by atoms with Crippen molar-refractivity contribution >= 4 is 12.2 Å². The molecule has 1 saturated heterocycles. The van der Waals surface area contributed by atoms with Crippen LogP contribution in [0.2, 0.25) is 0 Å². The van der Waals surface area contributed by atoms with Crippen LogP contribution >= 0.6 is 0 Å². The zero-order chi connectivity index (χ0) is 17.0. The predicted octanol–water partition coefficient (Wildman–Crippen LogP) is 3.43. The summed E-state index contributed by atoms with van der Waals surface area (Å²) in [6.45, 7) is 8.41. The normalized spacial score (nSPS) is 18.0. The Morgan fingerprint density at radius 3 is 2.22 bits per heavy atom. The zero-order valence-corrected chi connectivity index (χ0v) is 14.1. The lowest BCUT2D eigenvalue weighted by molar-refractivity contribution is -0.0266. The van der Waals surface area contributed by atoms with Crippen LogP contribution in [0.25, 0.3) is 0 Å². The molecule has 1 fully saturated rings. The second kappa shape index (κ2) is 6.89. The van der Waals surface area contributed by atoms with Crippen LogP contribution in [-0.4, -0.2) is 40.9 Å². The van der Waals surface area contributed by atoms with Gasteiger partial charge in [0, 0.05) is 0 Å². The van der Waals surface area contributed by atoms with E-state index in [1.54, 1.807) is 20.8 Å². The van der Waals surface area contributed by atoms with E-state index in [2.05, 4.69) is 0 Å². The van der Waals surface area contributed by atoms with Gasteiger partial charge in [-0.2, -0.15) is 0 Å². The fourth-order valence-corrected chi connectivity index (χ4v) is 2.30. The summed E-state index contributed by atoms with van der Waals surface area (Å²) in [5, 5.41) is 2.64. The lowest BCUT2D eigenvalue weighted by Crippen LogP contribution is -2.47. The summed E-state index contributed by atoms with van der Waals surface area (Å²) in [4.78, 5) is 24.5. The number of carbonyl (C=O) groups excluding carboxylic acids is 2. The molecule has 1 heterocycles. The van der Waals surface area contributed by atoms with Crippen LogP contribution in [0.1, 0.15) is 33.3 Å². The van der Waals surface area contributed by atoms with Gasteiger partial charge in [0.1, 0.15) is 12.2 Å². The third kappa shape index (κ3) is 4.87. The smallest absolute Gasteiger partial charge is 0.429 e. The van der Waals surface area contributed by atoms with Crippen LogP contribution in [0.4, 0.5) is 9.59 Å². The first-order chi connectivity index (χ1) is 10.8. The van der Waals surface area contributed by atoms with Gasteiger partial charge in [-0.3, -0.25) is 0 Å². The van der Waals surface area contributed by atoms with Crippen molar-refractivity contribution in [3.63, 3.8) is 0 Å². The van der Waals surface area contributed by atoms with Crippen molar-refractivity contribution in [3.8, 4) is 0 Å². The van der Waals surface area contributed by atoms with Gasteiger partial charge >= 0.3 is 12.2 Å². The molecule has 1 aromatic rings. The highest BCUT2D eigenvalue weighted by Gasteiger charge is 2.38. The molecular weight excluding hydrogens is 296 g/mol. The van der Waals surface area contributed by atoms with E-state index >= 15 is 0 Å². The summed E-state index contributed by atoms with van der Waals surface area (Å²) in [6.07, 6.45) is -1.07. The Morgan fingerprint density at radius 2 is 1.65 bits per heavy atom. The minimum absolute atomic E-state index is 0.173. The number of carbonyl (C=O) groups is 2. The molecule has 0 radical (unpaired) electrons. The summed E-state index contributed by atoms with van der Waals surface area (Å²) in [5.41, 5.74) is 0.291. The summed E-state index contributed by atoms with van der Waals surface area (Å²) in [5.74, 6) is 0.173. The van der Waals surface area contributed by atoms with Crippen LogP contribution in [0.3, 0.4) is 0 Å². The van der Waals surface area contributed by atoms with Gasteiger partial charge < -0.3 is 9.47 Å². The molecule has 6 nitrogen and oxygen atoms in total. The molecule has 1 aliphatic rings. The molecule has 0 aromatic heterocycles. The molecule has 0 aliphatic carbocycles. The maximum Gasteiger partial charge on any atom is 0.429 e. The minimum atomic E-state index is -0.609. The van der Waals surface area contributed by atoms with Crippen molar-refractivity contribution in [2.24, 2.45) is 5.92 Å². The highest BCUT2D eigenvalue weighted by molar-refractivity contribution is 5.75. The molecule has 126 valence electrons. The van der Waals surface area contributed by atoms with E-state index in [1.165, 1.54) is 10.0 Å². The van der Waals surface area contributed by atoms with Crippen molar-refractivity contribution in [3.05, 3.63) is 35.9 Å². The second-order valence-electron chi connectivity index (χ2n) is 6.79. The van der Waals surface area contributed by atoms with Gasteiger partial charge in [0.05, 0.1) is 13.1 Å². The predicted molar refractivity (Wildman–Crippen MR) is 85.4 cm³/mol. The SMILES string of the molecule is C[C@@H]1CN(C(=O)OCc2ccccc2)N(C(=O)OC(C)(C)C)C1. The number of hydrazine groups is 1. The van der Waals surface area contributed by atoms with Crippen molar-refractivity contribution in [2.45, 2.75) is 39.9 Å². The zero-order valence-electron chi connectivity index (χ0n) is 14.1. The number of rotatable bonds is 2. The van der Waals surface area contributed by atoms with Gasteiger partial charge in [0.25, 0.3) is 0 Å². The topological polar surface area (TPSA) is 59.1 Å². The summed E-state index contributed by atoms with van der Waals surface area (Å²) >= 11 is 0. The minimum Gasteiger partial charge on any atom is -0.443 e. The van der Waals surface area contributed by atoms with Gasteiger partial charge in [0.15, 0.2) is 0 Å².